The van der Waals surface area contributed by atoms with E-state index in [1.807, 2.05) is 0 Å². The van der Waals surface area contributed by atoms with E-state index in [1.54, 1.807) is 17.2 Å². The van der Waals surface area contributed by atoms with Gasteiger partial charge in [-0.05, 0) is 42.2 Å². The van der Waals surface area contributed by atoms with E-state index < -0.39 is 39.6 Å². The first-order chi connectivity index (χ1) is 17.1. The second kappa shape index (κ2) is 9.37. The molecule has 2 aliphatic heterocycles. The highest BCUT2D eigenvalue weighted by atomic mass is 35.5. The van der Waals surface area contributed by atoms with E-state index in [9.17, 15) is 22.4 Å². The number of hydrogen-bond acceptors (Lipinski definition) is 5. The Morgan fingerprint density at radius 1 is 1.08 bits per heavy atom. The Labute approximate surface area is 214 Å². The van der Waals surface area contributed by atoms with Crippen LogP contribution in [-0.4, -0.2) is 33.8 Å². The summed E-state index contributed by atoms with van der Waals surface area (Å²) in [5, 5.41) is 5.69. The van der Waals surface area contributed by atoms with Crippen molar-refractivity contribution in [3.63, 3.8) is 0 Å². The number of halogens is 6. The third-order valence-electron chi connectivity index (χ3n) is 6.97. The second-order valence-corrected chi connectivity index (χ2v) is 10.2. The molecule has 0 bridgehead atoms. The average molecular weight is 545 g/mol. The predicted molar refractivity (Wildman–Crippen MR) is 125 cm³/mol. The lowest BCUT2D eigenvalue weighted by Gasteiger charge is -2.30. The van der Waals surface area contributed by atoms with Gasteiger partial charge in [0.15, 0.2) is 5.82 Å². The van der Waals surface area contributed by atoms with Crippen molar-refractivity contribution in [2.24, 2.45) is 5.16 Å². The number of nitrogens with zero attached hydrogens (tertiary/aromatic N) is 3. The van der Waals surface area contributed by atoms with Crippen molar-refractivity contribution >= 4 is 34.9 Å². The van der Waals surface area contributed by atoms with E-state index in [2.05, 4.69) is 15.5 Å². The fourth-order valence-corrected chi connectivity index (χ4v) is 5.43. The van der Waals surface area contributed by atoms with Crippen LogP contribution in [0.2, 0.25) is 10.0 Å². The number of nitrogens with one attached hydrogen (secondary N) is 1. The minimum atomic E-state index is -4.89. The fraction of sp³-hybridized carbons (Fsp3) is 0.458. The van der Waals surface area contributed by atoms with Gasteiger partial charge in [0.05, 0.1) is 16.5 Å². The molecule has 192 valence electrons. The van der Waals surface area contributed by atoms with E-state index in [0.717, 1.165) is 48.9 Å². The summed E-state index contributed by atoms with van der Waals surface area (Å²) in [4.78, 5) is 23.6. The average Bonchev–Trinajstić information content (AvgIpc) is 3.47. The largest absolute Gasteiger partial charge is 0.435 e. The number of oxime groups is 1. The number of fused-ring (bicyclic) bond motifs is 1. The van der Waals surface area contributed by atoms with Crippen molar-refractivity contribution in [2.45, 2.75) is 69.4 Å². The minimum Gasteiger partial charge on any atom is -0.372 e. The molecule has 1 unspecified atom stereocenters. The van der Waals surface area contributed by atoms with Gasteiger partial charge in [0.1, 0.15) is 11.5 Å². The molecule has 5 rings (SSSR count). The molecule has 36 heavy (non-hydrogen) atoms. The SMILES string of the molecule is O=C(NC1CCCCC1)c1cc2c(cn1)CN(C1=NOC(c3cc(Cl)c(F)c(Cl)c3)(C(F)(F)F)C1)C2. The molecule has 6 nitrogen and oxygen atoms in total. The molecule has 0 saturated heterocycles. The number of hydrogen-bond donors (Lipinski definition) is 1. The van der Waals surface area contributed by atoms with Gasteiger partial charge >= 0.3 is 6.18 Å². The van der Waals surface area contributed by atoms with Gasteiger partial charge in [0.2, 0.25) is 0 Å². The molecular weight excluding hydrogens is 523 g/mol. The smallest absolute Gasteiger partial charge is 0.372 e. The number of rotatable bonds is 3. The van der Waals surface area contributed by atoms with E-state index >= 15 is 0 Å². The summed E-state index contributed by atoms with van der Waals surface area (Å²) < 4.78 is 56.7. The highest BCUT2D eigenvalue weighted by molar-refractivity contribution is 6.35. The van der Waals surface area contributed by atoms with Crippen LogP contribution < -0.4 is 5.32 Å². The zero-order valence-electron chi connectivity index (χ0n) is 19.0. The number of alkyl halides is 3. The molecule has 1 fully saturated rings. The van der Waals surface area contributed by atoms with Crippen LogP contribution >= 0.6 is 23.2 Å². The lowest BCUT2D eigenvalue weighted by Crippen LogP contribution is -2.44. The van der Waals surface area contributed by atoms with E-state index in [0.29, 0.717) is 0 Å². The Hall–Kier alpha value is -2.59. The van der Waals surface area contributed by atoms with E-state index in [4.69, 9.17) is 28.0 Å². The molecule has 0 spiro atoms. The van der Waals surface area contributed by atoms with Crippen LogP contribution in [0.5, 0.6) is 0 Å². The molecule has 1 aromatic carbocycles. The maximum atomic E-state index is 14.3. The molecule has 1 saturated carbocycles. The van der Waals surface area contributed by atoms with Gasteiger partial charge in [-0.2, -0.15) is 13.2 Å². The molecule has 2 aromatic rings. The third-order valence-corrected chi connectivity index (χ3v) is 7.52. The van der Waals surface area contributed by atoms with Crippen LogP contribution in [-0.2, 0) is 23.5 Å². The van der Waals surface area contributed by atoms with Crippen molar-refractivity contribution in [3.8, 4) is 0 Å². The Bertz CT molecular complexity index is 1210. The first-order valence-corrected chi connectivity index (χ1v) is 12.3. The summed E-state index contributed by atoms with van der Waals surface area (Å²) in [6.45, 7) is 0.497. The minimum absolute atomic E-state index is 0.0632. The monoisotopic (exact) mass is 544 g/mol. The van der Waals surface area contributed by atoms with Gasteiger partial charge in [0, 0.05) is 30.9 Å². The number of carbonyl (C=O) groups excluding carboxylic acids is 1. The number of benzene rings is 1. The molecule has 1 amide bonds. The van der Waals surface area contributed by atoms with E-state index in [-0.39, 0.29) is 36.6 Å². The van der Waals surface area contributed by atoms with Crippen LogP contribution in [0.1, 0.15) is 65.7 Å². The van der Waals surface area contributed by atoms with Gasteiger partial charge < -0.3 is 15.1 Å². The Morgan fingerprint density at radius 2 is 1.75 bits per heavy atom. The molecule has 3 aliphatic rings. The third kappa shape index (κ3) is 4.49. The van der Waals surface area contributed by atoms with Gasteiger partial charge in [-0.15, -0.1) is 0 Å². The van der Waals surface area contributed by atoms with Gasteiger partial charge in [0.25, 0.3) is 11.5 Å². The number of aromatic nitrogens is 1. The van der Waals surface area contributed by atoms with Crippen LogP contribution in [0, 0.1) is 5.82 Å². The number of amidine groups is 1. The summed E-state index contributed by atoms with van der Waals surface area (Å²) in [5.74, 6) is -1.21. The zero-order valence-corrected chi connectivity index (χ0v) is 20.5. The molecular formula is C24H22Cl2F4N4O2. The summed E-state index contributed by atoms with van der Waals surface area (Å²) in [6, 6.07) is 3.51. The topological polar surface area (TPSA) is 66.8 Å². The summed E-state index contributed by atoms with van der Waals surface area (Å²) in [5.41, 5.74) is -1.47. The summed E-state index contributed by atoms with van der Waals surface area (Å²) in [7, 11) is 0. The van der Waals surface area contributed by atoms with Crippen molar-refractivity contribution in [1.82, 2.24) is 15.2 Å². The summed E-state index contributed by atoms with van der Waals surface area (Å²) >= 11 is 11.5. The fourth-order valence-electron chi connectivity index (χ4n) is 4.94. The molecule has 12 heteroatoms. The lowest BCUT2D eigenvalue weighted by atomic mass is 9.89. The van der Waals surface area contributed by atoms with Crippen molar-refractivity contribution < 1.29 is 27.2 Å². The second-order valence-electron chi connectivity index (χ2n) is 9.36. The van der Waals surface area contributed by atoms with Crippen molar-refractivity contribution in [1.29, 1.82) is 0 Å². The van der Waals surface area contributed by atoms with Crippen molar-refractivity contribution in [3.05, 3.63) is 62.6 Å². The number of amides is 1. The Morgan fingerprint density at radius 3 is 2.42 bits per heavy atom. The standard InChI is InChI=1S/C24H22Cl2F4N4O2/c25-17-7-15(8-18(26)21(17)27)23(24(28,29)30)9-20(33-36-23)34-11-13-6-19(31-10-14(13)12-34)22(35)32-16-4-2-1-3-5-16/h6-8,10,16H,1-5,9,11-12H2,(H,32,35). The first kappa shape index (κ1) is 25.1. The van der Waals surface area contributed by atoms with Gasteiger partial charge in [-0.25, -0.2) is 4.39 Å². The predicted octanol–water partition coefficient (Wildman–Crippen LogP) is 6.10. The molecule has 0 radical (unpaired) electrons. The molecule has 1 aromatic heterocycles. The summed E-state index contributed by atoms with van der Waals surface area (Å²) in [6.07, 6.45) is 1.24. The Kier molecular flexibility index (Phi) is 6.53. The van der Waals surface area contributed by atoms with Gasteiger partial charge in [-0.3, -0.25) is 9.78 Å². The molecule has 1 aliphatic carbocycles. The Balaban J connectivity index is 1.33. The maximum Gasteiger partial charge on any atom is 0.435 e. The highest BCUT2D eigenvalue weighted by Crippen LogP contribution is 2.50. The van der Waals surface area contributed by atoms with Crippen LogP contribution in [0.3, 0.4) is 0 Å². The molecule has 1 N–H and O–H groups in total. The van der Waals surface area contributed by atoms with Crippen LogP contribution in [0.25, 0.3) is 0 Å². The number of pyridine rings is 1. The molecule has 1 atom stereocenters. The highest BCUT2D eigenvalue weighted by Gasteiger charge is 2.63. The zero-order chi connectivity index (χ0) is 25.7. The number of carbonyl (C=O) groups is 1. The maximum absolute atomic E-state index is 14.3. The van der Waals surface area contributed by atoms with Crippen molar-refractivity contribution in [2.75, 3.05) is 0 Å². The quantitative estimate of drug-likeness (QED) is 0.374. The first-order valence-electron chi connectivity index (χ1n) is 11.6. The van der Waals surface area contributed by atoms with Crippen LogP contribution in [0.4, 0.5) is 17.6 Å². The molecule has 3 heterocycles. The van der Waals surface area contributed by atoms with E-state index in [1.165, 1.54) is 6.42 Å². The normalized spacial score (nSPS) is 22.3. The van der Waals surface area contributed by atoms with Gasteiger partial charge in [-0.1, -0.05) is 47.6 Å². The lowest BCUT2D eigenvalue weighted by molar-refractivity contribution is -0.275. The van der Waals surface area contributed by atoms with Crippen LogP contribution in [0.15, 0.2) is 29.6 Å².